The topological polar surface area (TPSA) is 123 Å². The van der Waals surface area contributed by atoms with Gasteiger partial charge in [0.05, 0.1) is 54.4 Å². The van der Waals surface area contributed by atoms with Crippen LogP contribution < -0.4 is 21.3 Å². The fourth-order valence-corrected chi connectivity index (χ4v) is 6.83. The first-order valence-corrected chi connectivity index (χ1v) is 21.9. The molecule has 0 spiro atoms. The first kappa shape index (κ1) is 51.0. The first-order chi connectivity index (χ1) is 26.8. The fourth-order valence-electron chi connectivity index (χ4n) is 6.83. The van der Waals surface area contributed by atoms with Gasteiger partial charge in [-0.2, -0.15) is 0 Å². The molecule has 4 N–H and O–H groups in total. The van der Waals surface area contributed by atoms with E-state index in [2.05, 4.69) is 63.3 Å². The minimum atomic E-state index is -0.0789. The lowest BCUT2D eigenvalue weighted by atomic mass is 10.1. The summed E-state index contributed by atoms with van der Waals surface area (Å²) in [5, 5.41) is 12.3. The summed E-state index contributed by atoms with van der Waals surface area (Å²) in [6.07, 6.45) is 12.6. The average Bonchev–Trinajstić information content (AvgIpc) is 3.17. The Bertz CT molecular complexity index is 1130. The van der Waals surface area contributed by atoms with Gasteiger partial charge in [-0.3, -0.25) is 19.2 Å². The van der Waals surface area contributed by atoms with E-state index < -0.39 is 0 Å². The van der Waals surface area contributed by atoms with Crippen LogP contribution in [-0.4, -0.2) is 150 Å². The maximum Gasteiger partial charge on any atom is 0.223 e. The van der Waals surface area contributed by atoms with Gasteiger partial charge in [-0.05, 0) is 50.9 Å². The van der Waals surface area contributed by atoms with E-state index in [9.17, 15) is 19.2 Å². The normalized spacial score (nSPS) is 11.7. The maximum atomic E-state index is 13.3. The van der Waals surface area contributed by atoms with Gasteiger partial charge in [0, 0.05) is 90.9 Å². The molecule has 1 aromatic carbocycles. The zero-order valence-electron chi connectivity index (χ0n) is 37.1. The highest BCUT2D eigenvalue weighted by molar-refractivity contribution is 5.84. The number of amides is 4. The molecule has 56 heavy (non-hydrogen) atoms. The van der Waals surface area contributed by atoms with Crippen LogP contribution in [0.5, 0.6) is 0 Å². The van der Waals surface area contributed by atoms with Crippen molar-refractivity contribution in [2.75, 3.05) is 108 Å². The van der Waals surface area contributed by atoms with E-state index in [0.29, 0.717) is 52.4 Å². The van der Waals surface area contributed by atoms with Gasteiger partial charge in [0.25, 0.3) is 0 Å². The molecule has 1 rings (SSSR count). The van der Waals surface area contributed by atoms with Gasteiger partial charge in [0.15, 0.2) is 0 Å². The Hall–Kier alpha value is -3.06. The van der Waals surface area contributed by atoms with Crippen molar-refractivity contribution in [3.63, 3.8) is 0 Å². The van der Waals surface area contributed by atoms with Gasteiger partial charge < -0.3 is 40.0 Å². The van der Waals surface area contributed by atoms with Gasteiger partial charge in [-0.1, -0.05) is 63.8 Å². The van der Waals surface area contributed by atoms with Crippen LogP contribution in [0.4, 0.5) is 0 Å². The highest BCUT2D eigenvalue weighted by atomic mass is 16.2. The number of quaternary nitrogens is 2. The van der Waals surface area contributed by atoms with Gasteiger partial charge >= 0.3 is 0 Å². The summed E-state index contributed by atoms with van der Waals surface area (Å²) in [5.74, 6) is -0.245. The van der Waals surface area contributed by atoms with Gasteiger partial charge in [-0.15, -0.1) is 0 Å². The number of nitrogens with one attached hydrogen (secondary N) is 4. The molecule has 0 saturated heterocycles. The summed E-state index contributed by atoms with van der Waals surface area (Å²) in [4.78, 5) is 55.3. The average molecular weight is 789 g/mol. The third-order valence-corrected chi connectivity index (χ3v) is 10.6. The number of likely N-dealkylation sites (N-methyl/N-ethyl adjacent to an activating group) is 2. The summed E-state index contributed by atoms with van der Waals surface area (Å²) in [5.41, 5.74) is 1.98. The highest BCUT2D eigenvalue weighted by Gasteiger charge is 2.19. The van der Waals surface area contributed by atoms with Crippen LogP contribution in [-0.2, 0) is 32.3 Å². The largest absolute Gasteiger partial charge is 0.356 e. The van der Waals surface area contributed by atoms with Gasteiger partial charge in [0.1, 0.15) is 0 Å². The number of hydrogen-bond donors (Lipinski definition) is 4. The molecule has 0 fully saturated rings. The number of unbranched alkanes of at least 4 members (excludes halogenated alkanes) is 6. The molecule has 0 aliphatic carbocycles. The molecule has 4 amide bonds. The number of rotatable bonds is 34. The molecule has 322 valence electrons. The van der Waals surface area contributed by atoms with Crippen molar-refractivity contribution in [3.8, 4) is 0 Å². The second-order valence-corrected chi connectivity index (χ2v) is 16.9. The number of hydrogen-bond acceptors (Lipinski definition) is 6. The summed E-state index contributed by atoms with van der Waals surface area (Å²) in [6.45, 7) is 13.3. The number of carbonyl (C=O) groups excluding carboxylic acids is 4. The third kappa shape index (κ3) is 25.2. The molecule has 1 aromatic rings. The molecular weight excluding hydrogens is 705 g/mol. The van der Waals surface area contributed by atoms with Crippen molar-refractivity contribution in [3.05, 3.63) is 35.4 Å². The van der Waals surface area contributed by atoms with E-state index in [0.717, 1.165) is 59.1 Å². The number of benzene rings is 1. The smallest absolute Gasteiger partial charge is 0.223 e. The van der Waals surface area contributed by atoms with E-state index in [-0.39, 0.29) is 49.3 Å². The van der Waals surface area contributed by atoms with Gasteiger partial charge in [-0.25, -0.2) is 0 Å². The lowest BCUT2D eigenvalue weighted by Crippen LogP contribution is -2.42. The second kappa shape index (κ2) is 30.1. The van der Waals surface area contributed by atoms with Crippen LogP contribution in [0.15, 0.2) is 24.3 Å². The Labute approximate surface area is 342 Å². The quantitative estimate of drug-likeness (QED) is 0.0596. The first-order valence-electron chi connectivity index (χ1n) is 21.9. The Morgan fingerprint density at radius 3 is 1.20 bits per heavy atom. The Morgan fingerprint density at radius 2 is 0.857 bits per heavy atom. The zero-order valence-corrected chi connectivity index (χ0v) is 37.1. The molecule has 0 saturated carbocycles. The number of carbonyl (C=O) groups is 4. The van der Waals surface area contributed by atoms with E-state index in [1.165, 1.54) is 51.4 Å². The van der Waals surface area contributed by atoms with Crippen LogP contribution in [0.25, 0.3) is 0 Å². The minimum absolute atomic E-state index is 0.0435. The summed E-state index contributed by atoms with van der Waals surface area (Å²) < 4.78 is 1.93. The Balaban J connectivity index is 2.59. The Kier molecular flexibility index (Phi) is 27.4. The van der Waals surface area contributed by atoms with E-state index in [1.54, 1.807) is 9.80 Å². The molecule has 0 bridgehead atoms. The van der Waals surface area contributed by atoms with Crippen molar-refractivity contribution in [2.24, 2.45) is 0 Å². The zero-order chi connectivity index (χ0) is 41.7. The van der Waals surface area contributed by atoms with Gasteiger partial charge in [0.2, 0.25) is 23.6 Å². The van der Waals surface area contributed by atoms with Crippen molar-refractivity contribution < 1.29 is 28.1 Å². The van der Waals surface area contributed by atoms with Crippen LogP contribution >= 0.6 is 0 Å². The monoisotopic (exact) mass is 789 g/mol. The molecule has 12 heteroatoms. The molecule has 0 radical (unpaired) electrons. The van der Waals surface area contributed by atoms with Crippen molar-refractivity contribution in [1.29, 1.82) is 0 Å². The third-order valence-electron chi connectivity index (χ3n) is 10.6. The molecule has 0 aliphatic rings. The van der Waals surface area contributed by atoms with Crippen molar-refractivity contribution >= 4 is 23.6 Å². The summed E-state index contributed by atoms with van der Waals surface area (Å²) in [7, 11) is 12.7. The molecule has 0 unspecified atom stereocenters. The second-order valence-electron chi connectivity index (χ2n) is 16.9. The van der Waals surface area contributed by atoms with E-state index in [4.69, 9.17) is 0 Å². The summed E-state index contributed by atoms with van der Waals surface area (Å²) >= 11 is 0. The minimum Gasteiger partial charge on any atom is -0.356 e. The summed E-state index contributed by atoms with van der Waals surface area (Å²) in [6, 6.07) is 8.02. The molecule has 12 nitrogen and oxygen atoms in total. The maximum absolute atomic E-state index is 13.3. The SMILES string of the molecule is CCCCCC[N+](C)(C)CCCNC(=O)CCC(=O)N(CCNC)Cc1ccc(CN(CCNC)C(=O)CCC(=O)NCCC[N+](C)(C)CCCCCC)cc1. The lowest BCUT2D eigenvalue weighted by Gasteiger charge is -2.30. The molecule has 0 aliphatic heterocycles. The highest BCUT2D eigenvalue weighted by Crippen LogP contribution is 2.13. The number of nitrogens with zero attached hydrogens (tertiary/aromatic N) is 4. The van der Waals surface area contributed by atoms with Crippen LogP contribution in [0.1, 0.15) is 115 Å². The fraction of sp³-hybridized carbons (Fsp3) is 0.773. The van der Waals surface area contributed by atoms with E-state index >= 15 is 0 Å². The molecular formula is C44H84N8O4+2. The lowest BCUT2D eigenvalue weighted by molar-refractivity contribution is -0.890. The molecule has 0 heterocycles. The molecule has 0 aromatic heterocycles. The van der Waals surface area contributed by atoms with Crippen LogP contribution in [0.3, 0.4) is 0 Å². The van der Waals surface area contributed by atoms with Crippen molar-refractivity contribution in [1.82, 2.24) is 31.1 Å². The molecule has 0 atom stereocenters. The van der Waals surface area contributed by atoms with E-state index in [1.807, 2.05) is 38.4 Å². The predicted octanol–water partition coefficient (Wildman–Crippen LogP) is 4.67. The van der Waals surface area contributed by atoms with Crippen LogP contribution in [0, 0.1) is 0 Å². The standard InChI is InChI=1S/C44H82N8O4/c1-9-11-13-15-33-51(5,6)35-17-27-47-41(53)23-25-43(55)49(31-29-45-3)37-39-19-21-40(22-20-39)38-50(32-30-46-4)44(56)26-24-42(54)48-28-18-36-52(7,8)34-16-14-12-10-2/h19-22,45-46H,9-18,23-38H2,1-8H3/p+2. The predicted molar refractivity (Wildman–Crippen MR) is 231 cm³/mol. The Morgan fingerprint density at radius 1 is 0.500 bits per heavy atom. The van der Waals surface area contributed by atoms with Crippen LogP contribution in [0.2, 0.25) is 0 Å². The van der Waals surface area contributed by atoms with Crippen molar-refractivity contribution in [2.45, 2.75) is 117 Å².